The molecular formula is C129H116N5O5+5. The molecule has 139 heavy (non-hydrogen) atoms. The lowest BCUT2D eigenvalue weighted by Gasteiger charge is -2.11. The van der Waals surface area contributed by atoms with Crippen molar-refractivity contribution >= 4 is 164 Å². The van der Waals surface area contributed by atoms with E-state index in [0.29, 0.717) is 11.1 Å². The topological polar surface area (TPSA) is 85.1 Å². The van der Waals surface area contributed by atoms with Crippen LogP contribution in [0.4, 0.5) is 0 Å². The molecule has 0 N–H and O–H groups in total. The Balaban J connectivity index is 0.000000104. The molecule has 1 saturated carbocycles. The number of rotatable bonds is 9. The summed E-state index contributed by atoms with van der Waals surface area (Å²) in [5, 5.41) is 22.6. The van der Waals surface area contributed by atoms with Gasteiger partial charge < -0.3 is 22.1 Å². The van der Waals surface area contributed by atoms with Gasteiger partial charge in [0.25, 0.3) is 0 Å². The predicted octanol–water partition coefficient (Wildman–Crippen LogP) is 32.5. The van der Waals surface area contributed by atoms with E-state index in [0.717, 1.165) is 230 Å². The zero-order valence-corrected chi connectivity index (χ0v) is 81.4. The summed E-state index contributed by atoms with van der Waals surface area (Å²) in [4.78, 5) is 0. The van der Waals surface area contributed by atoms with Gasteiger partial charge in [-0.2, -0.15) is 0 Å². The van der Waals surface area contributed by atoms with Gasteiger partial charge in [-0.25, -0.2) is 22.8 Å². The van der Waals surface area contributed by atoms with Gasteiger partial charge in [0.05, 0.1) is 27.8 Å². The first-order chi connectivity index (χ1) is 70.5. The Morgan fingerprint density at radius 2 is 0.547 bits per heavy atom. The molecule has 26 rings (SSSR count). The van der Waals surface area contributed by atoms with Gasteiger partial charge >= 0.3 is 0 Å². The van der Waals surface area contributed by atoms with Crippen LogP contribution in [0, 0.1) is 41.5 Å². The monoisotopic (exact) mass is 1820 g/mol. The van der Waals surface area contributed by atoms with Crippen LogP contribution in [0.1, 0.15) is 145 Å². The quantitative estimate of drug-likeness (QED) is 0.134. The fraction of sp³-hybridized carbons (Fsp3) is 0.186. The summed E-state index contributed by atoms with van der Waals surface area (Å²) in [5.41, 5.74) is 29.6. The van der Waals surface area contributed by atoms with Crippen molar-refractivity contribution in [2.24, 2.45) is 35.2 Å². The molecule has 10 nitrogen and oxygen atoms in total. The normalized spacial score (nSPS) is 14.2. The Morgan fingerprint density at radius 1 is 0.288 bits per heavy atom. The molecule has 1 fully saturated rings. The van der Waals surface area contributed by atoms with Crippen LogP contribution in [0.5, 0.6) is 0 Å². The molecule has 0 saturated heterocycles. The van der Waals surface area contributed by atoms with Crippen molar-refractivity contribution in [1.29, 1.82) is 0 Å². The first-order valence-corrected chi connectivity index (χ1v) is 48.1. The Hall–Kier alpha value is -15.7. The third-order valence-electron chi connectivity index (χ3n) is 28.8. The maximum Gasteiger partial charge on any atom is 0.216 e. The van der Waals surface area contributed by atoms with E-state index in [1.165, 1.54) is 67.2 Å². The van der Waals surface area contributed by atoms with Crippen molar-refractivity contribution < 1.29 is 55.9 Å². The molecule has 10 heteroatoms. The van der Waals surface area contributed by atoms with Crippen LogP contribution in [-0.4, -0.2) is 0 Å². The summed E-state index contributed by atoms with van der Waals surface area (Å²) in [6, 6.07) is 105. The molecule has 0 amide bonds. The fourth-order valence-electron chi connectivity index (χ4n) is 21.1. The molecule has 1 atom stereocenters. The Kier molecular flexibility index (Phi) is 20.7. The van der Waals surface area contributed by atoms with Crippen LogP contribution in [0.25, 0.3) is 220 Å². The van der Waals surface area contributed by atoms with Crippen molar-refractivity contribution in [3.8, 4) is 56.3 Å². The third kappa shape index (κ3) is 15.8. The highest BCUT2D eigenvalue weighted by Gasteiger charge is 2.31. The van der Waals surface area contributed by atoms with E-state index >= 15 is 0 Å². The van der Waals surface area contributed by atoms with Gasteiger partial charge in [0.15, 0.2) is 31.0 Å². The second-order valence-corrected chi connectivity index (χ2v) is 38.0. The predicted molar refractivity (Wildman–Crippen MR) is 576 cm³/mol. The molecule has 1 aliphatic rings. The maximum atomic E-state index is 9.01. The van der Waals surface area contributed by atoms with Crippen LogP contribution in [0.2, 0.25) is 0 Å². The van der Waals surface area contributed by atoms with Crippen LogP contribution in [0.15, 0.2) is 356 Å². The molecular weight excluding hydrogens is 1700 g/mol. The standard InChI is InChI=1S/C28H26NO.2C26H24NO.C25H22NO.C24H20NO/c1-18-11-13-24-23-14-12-20-9-5-6-10-22(20)27(23)30-28(24)26(18)25-17-21(15-16-29(25)2)19-7-3-4-8-19;2*1-16(2)19-13-14-27(4)23(15-19)24-17(3)9-11-22-21-12-10-18-7-5-6-8-20(18)25(21)28-26(22)24;1-4-17-13-14-26(3)22(15-17)23-16(2)9-11-21-20-12-10-18-7-5-6-8-19(18)24(20)27-25(21)23;1-15-12-13-25(3)21(14-15)22-16(2)8-10-20-19-11-9-17-6-4-5-7-18(17)23(19)26-24(20)22/h5-6,9-17,19H,3-4,7-8H2,1-2H3;2*5-16H,1-4H3;5-15H,4H2,1-3H3;4-14H,1-3H3/q5*+1/i19D;1D3,16D;16D;4D2;. The van der Waals surface area contributed by atoms with E-state index in [1.54, 1.807) is 13.0 Å². The number of pyridine rings is 5. The minimum absolute atomic E-state index is 0.448. The lowest BCUT2D eigenvalue weighted by molar-refractivity contribution is -0.660. The molecule has 0 aliphatic heterocycles. The average molecular weight is 1820 g/mol. The van der Waals surface area contributed by atoms with Gasteiger partial charge in [-0.15, -0.1) is 0 Å². The van der Waals surface area contributed by atoms with E-state index in [4.69, 9.17) is 33.1 Å². The zero-order chi connectivity index (χ0) is 103. The van der Waals surface area contributed by atoms with Crippen molar-refractivity contribution in [3.05, 3.63) is 390 Å². The maximum absolute atomic E-state index is 9.01. The van der Waals surface area contributed by atoms with Crippen molar-refractivity contribution in [2.75, 3.05) is 0 Å². The number of furan rings is 5. The van der Waals surface area contributed by atoms with Gasteiger partial charge in [-0.05, 0) is 191 Å². The highest BCUT2D eigenvalue weighted by molar-refractivity contribution is 6.22. The molecule has 10 aromatic heterocycles. The first kappa shape index (κ1) is 79.6. The number of fused-ring (bicyclic) bond motifs is 25. The fourth-order valence-corrected chi connectivity index (χ4v) is 21.1. The molecule has 25 aromatic rings. The van der Waals surface area contributed by atoms with Crippen molar-refractivity contribution in [2.45, 2.75) is 126 Å². The van der Waals surface area contributed by atoms with E-state index < -0.39 is 30.9 Å². The molecule has 682 valence electrons. The molecule has 10 heterocycles. The van der Waals surface area contributed by atoms with Crippen LogP contribution in [0.3, 0.4) is 0 Å². The highest BCUT2D eigenvalue weighted by Crippen LogP contribution is 2.48. The average Bonchev–Trinajstić information content (AvgIpc) is 1.59. The number of aryl methyl sites for hydroxylation is 12. The second-order valence-electron chi connectivity index (χ2n) is 38.0. The molecule has 0 bridgehead atoms. The minimum atomic E-state index is -2.44. The summed E-state index contributed by atoms with van der Waals surface area (Å²) in [6.07, 6.45) is 12.8. The van der Waals surface area contributed by atoms with E-state index in [2.05, 4.69) is 324 Å². The van der Waals surface area contributed by atoms with Gasteiger partial charge in [0.1, 0.15) is 91.1 Å². The van der Waals surface area contributed by atoms with E-state index in [-0.39, 0.29) is 0 Å². The lowest BCUT2D eigenvalue weighted by atomic mass is 9.94. The number of hydrogen-bond donors (Lipinski definition) is 0. The van der Waals surface area contributed by atoms with E-state index in [9.17, 15) is 0 Å². The molecule has 1 aliphatic carbocycles. The summed E-state index contributed by atoms with van der Waals surface area (Å²) >= 11 is 0. The SMILES string of the molecule is Cc1cc[n+](C)c(-c2c(C)ccc3c2oc2c4ccccc4ccc32)c1.[2H]C(C)(C)c1cc[n+](C)c(-c2c(C)ccc3c2oc2c4ccccc4ccc32)c1.[2H]C([2H])(C)c1cc[n+](C)c(-c2c(C)ccc3c2oc2c4ccccc4ccc32)c1.[2H]C([2H])([2H])C([2H])(C)c1cc[n+](C)c(-c2c(C)ccc3c2oc2c4ccccc4ccc32)c1.[2H]C1(c2cc[n+](C)c(-c3c(C)ccc4c3oc3c5ccccc5ccc43)c2)CCCC1. The summed E-state index contributed by atoms with van der Waals surface area (Å²) in [7, 11) is 10.1. The van der Waals surface area contributed by atoms with Crippen molar-refractivity contribution in [1.82, 2.24) is 0 Å². The second kappa shape index (κ2) is 36.1. The highest BCUT2D eigenvalue weighted by atomic mass is 16.3. The van der Waals surface area contributed by atoms with E-state index in [1.807, 2.05) is 118 Å². The molecule has 0 radical (unpaired) electrons. The van der Waals surface area contributed by atoms with Crippen LogP contribution >= 0.6 is 0 Å². The first-order valence-electron chi connectivity index (χ1n) is 52.1. The van der Waals surface area contributed by atoms with Crippen LogP contribution < -0.4 is 22.8 Å². The van der Waals surface area contributed by atoms with Gasteiger partial charge in [0.2, 0.25) is 28.5 Å². The Labute approximate surface area is 821 Å². The molecule has 1 unspecified atom stereocenters. The third-order valence-corrected chi connectivity index (χ3v) is 28.8. The Bertz CT molecular complexity index is 9460. The van der Waals surface area contributed by atoms with Gasteiger partial charge in [0, 0.05) is 152 Å². The Morgan fingerprint density at radius 3 is 0.856 bits per heavy atom. The zero-order valence-electron chi connectivity index (χ0n) is 89.4. The van der Waals surface area contributed by atoms with Crippen LogP contribution in [-0.2, 0) is 41.6 Å². The number of aromatic nitrogens is 5. The largest absolute Gasteiger partial charge is 0.454 e. The summed E-state index contributed by atoms with van der Waals surface area (Å²) in [6.45, 7) is 17.1. The van der Waals surface area contributed by atoms with Crippen molar-refractivity contribution in [3.63, 3.8) is 0 Å². The number of hydrogen-bond acceptors (Lipinski definition) is 5. The minimum Gasteiger partial charge on any atom is -0.454 e. The number of nitrogens with zero attached hydrogens (tertiary/aromatic N) is 5. The molecule has 15 aromatic carbocycles. The molecule has 0 spiro atoms. The van der Waals surface area contributed by atoms with Gasteiger partial charge in [-0.3, -0.25) is 0 Å². The summed E-state index contributed by atoms with van der Waals surface area (Å²) in [5.74, 6) is -2.84. The summed E-state index contributed by atoms with van der Waals surface area (Å²) < 4.78 is 109. The number of benzene rings is 15. The smallest absolute Gasteiger partial charge is 0.216 e. The lowest BCUT2D eigenvalue weighted by Crippen LogP contribution is -2.31. The van der Waals surface area contributed by atoms with Gasteiger partial charge in [-0.1, -0.05) is 260 Å².